The summed E-state index contributed by atoms with van der Waals surface area (Å²) in [5.74, 6) is -1.91. The predicted molar refractivity (Wildman–Crippen MR) is 140 cm³/mol. The van der Waals surface area contributed by atoms with Crippen molar-refractivity contribution in [2.45, 2.75) is 91.6 Å². The van der Waals surface area contributed by atoms with Crippen LogP contribution in [-0.2, 0) is 42.9 Å². The van der Waals surface area contributed by atoms with Gasteiger partial charge in [-0.25, -0.2) is 0 Å². The number of benzene rings is 1. The number of nitrogens with zero attached hydrogens (tertiary/aromatic N) is 1. The highest BCUT2D eigenvalue weighted by atomic mass is 16.7. The van der Waals surface area contributed by atoms with E-state index in [2.05, 4.69) is 0 Å². The number of fused-ring (bicyclic) bond motifs is 1. The maximum atomic E-state index is 12.3. The van der Waals surface area contributed by atoms with Crippen LogP contribution in [0.2, 0.25) is 0 Å². The van der Waals surface area contributed by atoms with Crippen LogP contribution in [-0.4, -0.2) is 73.3 Å². The molecule has 11 nitrogen and oxygen atoms in total. The smallest absolute Gasteiger partial charge is 0.303 e. The van der Waals surface area contributed by atoms with Gasteiger partial charge in [-0.15, -0.1) is 0 Å². The van der Waals surface area contributed by atoms with Crippen LogP contribution in [0, 0.1) is 0 Å². The molecule has 0 bridgehead atoms. The van der Waals surface area contributed by atoms with E-state index in [1.807, 2.05) is 56.9 Å². The molecule has 5 atom stereocenters. The van der Waals surface area contributed by atoms with Crippen molar-refractivity contribution >= 4 is 35.1 Å². The summed E-state index contributed by atoms with van der Waals surface area (Å²) in [6.45, 7) is 12.9. The first-order valence-corrected chi connectivity index (χ1v) is 12.8. The molecule has 1 fully saturated rings. The van der Waals surface area contributed by atoms with Gasteiger partial charge in [0.05, 0.1) is 12.1 Å². The van der Waals surface area contributed by atoms with Crippen molar-refractivity contribution in [3.05, 3.63) is 29.8 Å². The summed E-state index contributed by atoms with van der Waals surface area (Å²) in [6, 6.07) is 5.63. The molecule has 0 N–H and O–H groups in total. The number of hydrogen-bond acceptors (Lipinski definition) is 11. The minimum atomic E-state index is -1.26. The van der Waals surface area contributed by atoms with Crippen molar-refractivity contribution < 1.29 is 47.6 Å². The van der Waals surface area contributed by atoms with E-state index >= 15 is 0 Å². The third-order valence-corrected chi connectivity index (χ3v) is 6.37. The molecule has 0 amide bonds. The maximum absolute atomic E-state index is 12.3. The Morgan fingerprint density at radius 1 is 0.897 bits per heavy atom. The molecule has 1 saturated heterocycles. The number of carbonyl (C=O) groups is 4. The zero-order valence-electron chi connectivity index (χ0n) is 23.6. The highest BCUT2D eigenvalue weighted by Gasteiger charge is 2.56. The van der Waals surface area contributed by atoms with Gasteiger partial charge in [0.25, 0.3) is 0 Å². The third-order valence-electron chi connectivity index (χ3n) is 6.37. The molecule has 39 heavy (non-hydrogen) atoms. The molecule has 0 unspecified atom stereocenters. The number of esters is 4. The van der Waals surface area contributed by atoms with Crippen molar-refractivity contribution in [3.63, 3.8) is 0 Å². The summed E-state index contributed by atoms with van der Waals surface area (Å²) < 4.78 is 34.3. The topological polar surface area (TPSA) is 127 Å². The van der Waals surface area contributed by atoms with E-state index in [1.165, 1.54) is 27.7 Å². The molecule has 0 spiro atoms. The zero-order chi connectivity index (χ0) is 29.1. The quantitative estimate of drug-likeness (QED) is 0.352. The summed E-state index contributed by atoms with van der Waals surface area (Å²) in [7, 11) is 0. The minimum absolute atomic E-state index is 0.298. The lowest BCUT2D eigenvalue weighted by atomic mass is 9.86. The van der Waals surface area contributed by atoms with Crippen molar-refractivity contribution in [2.75, 3.05) is 18.1 Å². The molecule has 0 aromatic heterocycles. The zero-order valence-corrected chi connectivity index (χ0v) is 23.6. The fourth-order valence-corrected chi connectivity index (χ4v) is 5.16. The lowest BCUT2D eigenvalue weighted by Gasteiger charge is -2.53. The molecule has 3 rings (SSSR count). The van der Waals surface area contributed by atoms with Gasteiger partial charge in [-0.2, -0.15) is 0 Å². The van der Waals surface area contributed by atoms with E-state index in [9.17, 15) is 19.2 Å². The number of rotatable bonds is 8. The summed E-state index contributed by atoms with van der Waals surface area (Å²) in [4.78, 5) is 50.2. The van der Waals surface area contributed by atoms with Crippen molar-refractivity contribution in [2.24, 2.45) is 0 Å². The van der Waals surface area contributed by atoms with Gasteiger partial charge in [-0.3, -0.25) is 19.2 Å². The van der Waals surface area contributed by atoms with Crippen molar-refractivity contribution in [3.8, 4) is 5.75 Å². The first-order valence-electron chi connectivity index (χ1n) is 12.8. The predicted octanol–water partition coefficient (Wildman–Crippen LogP) is 3.17. The van der Waals surface area contributed by atoms with Crippen LogP contribution in [0.3, 0.4) is 0 Å². The largest absolute Gasteiger partial charge is 0.494 e. The molecular weight excluding hydrogens is 510 g/mol. The highest BCUT2D eigenvalue weighted by Crippen LogP contribution is 2.45. The van der Waals surface area contributed by atoms with E-state index in [0.29, 0.717) is 12.4 Å². The minimum Gasteiger partial charge on any atom is -0.494 e. The van der Waals surface area contributed by atoms with Crippen LogP contribution in [0.15, 0.2) is 24.3 Å². The van der Waals surface area contributed by atoms with Gasteiger partial charge in [-0.1, -0.05) is 6.08 Å². The Balaban J connectivity index is 2.20. The lowest BCUT2D eigenvalue weighted by molar-refractivity contribution is -0.253. The number of allylic oxidation sites excluding steroid dienone is 1. The van der Waals surface area contributed by atoms with E-state index in [0.717, 1.165) is 16.8 Å². The second-order valence-corrected chi connectivity index (χ2v) is 10.1. The third kappa shape index (κ3) is 6.89. The Labute approximate surface area is 228 Å². The molecule has 0 saturated carbocycles. The van der Waals surface area contributed by atoms with Crippen LogP contribution in [0.5, 0.6) is 5.75 Å². The second kappa shape index (κ2) is 12.1. The van der Waals surface area contributed by atoms with Crippen LogP contribution in [0.25, 0.3) is 5.57 Å². The molecule has 11 heteroatoms. The molecule has 1 aromatic carbocycles. The Hall–Kier alpha value is -3.60. The Morgan fingerprint density at radius 2 is 1.49 bits per heavy atom. The lowest BCUT2D eigenvalue weighted by Crippen LogP contribution is -2.69. The average Bonchev–Trinajstić information content (AvgIpc) is 2.80. The number of carbonyl (C=O) groups excluding carboxylic acids is 4. The summed E-state index contributed by atoms with van der Waals surface area (Å²) in [5.41, 5.74) is 1.94. The Bertz CT molecular complexity index is 1140. The first-order chi connectivity index (χ1) is 18.2. The Morgan fingerprint density at radius 3 is 2.05 bits per heavy atom. The van der Waals surface area contributed by atoms with Gasteiger partial charge in [0.1, 0.15) is 18.5 Å². The average molecular weight is 548 g/mol. The monoisotopic (exact) mass is 547 g/mol. The van der Waals surface area contributed by atoms with Gasteiger partial charge in [-0.05, 0) is 51.5 Å². The van der Waals surface area contributed by atoms with Gasteiger partial charge >= 0.3 is 23.9 Å². The molecule has 1 aromatic rings. The van der Waals surface area contributed by atoms with E-state index in [4.69, 9.17) is 28.4 Å². The van der Waals surface area contributed by atoms with E-state index in [-0.39, 0.29) is 6.61 Å². The van der Waals surface area contributed by atoms with E-state index < -0.39 is 60.1 Å². The second-order valence-electron chi connectivity index (χ2n) is 10.1. The van der Waals surface area contributed by atoms with Crippen LogP contribution < -0.4 is 9.64 Å². The van der Waals surface area contributed by atoms with Gasteiger partial charge < -0.3 is 33.3 Å². The highest BCUT2D eigenvalue weighted by molar-refractivity contribution is 5.82. The molecule has 214 valence electrons. The fraction of sp³-hybridized carbons (Fsp3) is 0.571. The number of ether oxygens (including phenoxy) is 6. The van der Waals surface area contributed by atoms with Gasteiger partial charge in [0, 0.05) is 38.9 Å². The molecule has 0 aliphatic carbocycles. The number of hydrogen-bond donors (Lipinski definition) is 0. The SMILES string of the molecule is CCOc1ccc2c(c1)C(C)=CC(C)(C)N2[C@@H]1O[C@H](COC(C)=O)[C@H](OC(C)=O)[C@H](OC(C)=O)[C@H]1OC(C)=O. The van der Waals surface area contributed by atoms with Crippen molar-refractivity contribution in [1.82, 2.24) is 0 Å². The summed E-state index contributed by atoms with van der Waals surface area (Å²) >= 11 is 0. The van der Waals surface area contributed by atoms with Crippen molar-refractivity contribution in [1.29, 1.82) is 0 Å². The molecule has 0 radical (unpaired) electrons. The maximum Gasteiger partial charge on any atom is 0.303 e. The summed E-state index contributed by atoms with van der Waals surface area (Å²) in [5, 5.41) is 0. The first kappa shape index (κ1) is 29.9. The fourth-order valence-electron chi connectivity index (χ4n) is 5.16. The molecule has 2 aliphatic rings. The van der Waals surface area contributed by atoms with Gasteiger partial charge in [0.2, 0.25) is 0 Å². The van der Waals surface area contributed by atoms with Gasteiger partial charge in [0.15, 0.2) is 24.5 Å². The Kier molecular flexibility index (Phi) is 9.26. The standard InChI is InChI=1S/C28H37NO10/c1-9-34-20-10-11-22-21(12-20)15(2)13-28(7,8)29(22)27-26(38-19(6)33)25(37-18(5)32)24(36-17(4)31)23(39-27)14-35-16(3)30/h10-13,23-27H,9,14H2,1-8H3/t23-,24+,25+,26-,27-/m1/s1. The van der Waals surface area contributed by atoms with Crippen LogP contribution in [0.1, 0.15) is 61.0 Å². The van der Waals surface area contributed by atoms with Crippen LogP contribution in [0.4, 0.5) is 5.69 Å². The van der Waals surface area contributed by atoms with Crippen LogP contribution >= 0.6 is 0 Å². The molecular formula is C28H37NO10. The summed E-state index contributed by atoms with van der Waals surface area (Å²) in [6.07, 6.45) is -3.75. The normalized spacial score (nSPS) is 25.5. The number of anilines is 1. The van der Waals surface area contributed by atoms with E-state index in [1.54, 1.807) is 0 Å². The molecule has 2 aliphatic heterocycles. The molecule has 2 heterocycles.